The van der Waals surface area contributed by atoms with Gasteiger partial charge in [-0.3, -0.25) is 4.79 Å². The molecule has 1 aliphatic carbocycles. The molecule has 3 rings (SSSR count). The first-order valence-electron chi connectivity index (χ1n) is 8.42. The van der Waals surface area contributed by atoms with Crippen LogP contribution in [0.4, 0.5) is 0 Å². The van der Waals surface area contributed by atoms with E-state index in [4.69, 9.17) is 4.74 Å². The van der Waals surface area contributed by atoms with E-state index in [1.54, 1.807) is 0 Å². The summed E-state index contributed by atoms with van der Waals surface area (Å²) in [6.45, 7) is 7.76. The molecule has 0 amide bonds. The molecule has 22 heavy (non-hydrogen) atoms. The van der Waals surface area contributed by atoms with E-state index in [0.29, 0.717) is 6.61 Å². The number of rotatable bonds is 4. The molecule has 1 heterocycles. The second-order valence-corrected chi connectivity index (χ2v) is 6.29. The Morgan fingerprint density at radius 1 is 1.36 bits per heavy atom. The predicted molar refractivity (Wildman–Crippen MR) is 89.1 cm³/mol. The minimum Gasteiger partial charge on any atom is -0.466 e. The fourth-order valence-electron chi connectivity index (χ4n) is 3.70. The number of hydrogen-bond donors (Lipinski definition) is 0. The highest BCUT2D eigenvalue weighted by Crippen LogP contribution is 2.35. The zero-order valence-electron chi connectivity index (χ0n) is 13.8. The van der Waals surface area contributed by atoms with Crippen LogP contribution in [0.25, 0.3) is 10.9 Å². The van der Waals surface area contributed by atoms with Gasteiger partial charge in [-0.2, -0.15) is 0 Å². The highest BCUT2D eigenvalue weighted by molar-refractivity contribution is 5.87. The highest BCUT2D eigenvalue weighted by atomic mass is 16.5. The van der Waals surface area contributed by atoms with E-state index >= 15 is 0 Å². The molecule has 1 aliphatic rings. The molecule has 1 aromatic carbocycles. The summed E-state index contributed by atoms with van der Waals surface area (Å²) in [6.07, 6.45) is 3.84. The average molecular weight is 299 g/mol. The molecule has 0 bridgehead atoms. The quantitative estimate of drug-likeness (QED) is 0.798. The van der Waals surface area contributed by atoms with Gasteiger partial charge in [0.05, 0.1) is 12.5 Å². The number of benzene rings is 1. The van der Waals surface area contributed by atoms with Crippen LogP contribution in [0.2, 0.25) is 0 Å². The van der Waals surface area contributed by atoms with E-state index in [1.807, 2.05) is 6.92 Å². The lowest BCUT2D eigenvalue weighted by molar-refractivity contribution is -0.148. The molecule has 118 valence electrons. The summed E-state index contributed by atoms with van der Waals surface area (Å²) < 4.78 is 7.70. The fraction of sp³-hybridized carbons (Fsp3) is 0.526. The maximum Gasteiger partial charge on any atom is 0.309 e. The molecule has 3 heteroatoms. The van der Waals surface area contributed by atoms with Gasteiger partial charge < -0.3 is 9.30 Å². The molecule has 0 aliphatic heterocycles. The van der Waals surface area contributed by atoms with E-state index in [1.165, 1.54) is 27.7 Å². The van der Waals surface area contributed by atoms with Crippen molar-refractivity contribution in [2.24, 2.45) is 5.92 Å². The minimum atomic E-state index is -0.0304. The van der Waals surface area contributed by atoms with Crippen molar-refractivity contribution in [2.75, 3.05) is 6.61 Å². The molecule has 1 unspecified atom stereocenters. The van der Waals surface area contributed by atoms with Crippen LogP contribution in [0, 0.1) is 12.8 Å². The lowest BCUT2D eigenvalue weighted by Gasteiger charge is -2.22. The van der Waals surface area contributed by atoms with Crippen LogP contribution in [0.1, 0.15) is 43.5 Å². The van der Waals surface area contributed by atoms with Gasteiger partial charge in [-0.05, 0) is 57.2 Å². The van der Waals surface area contributed by atoms with E-state index < -0.39 is 0 Å². The van der Waals surface area contributed by atoms with Crippen LogP contribution in [-0.4, -0.2) is 17.1 Å². The normalized spacial score (nSPS) is 17.5. The van der Waals surface area contributed by atoms with Gasteiger partial charge in [-0.15, -0.1) is 0 Å². The first kappa shape index (κ1) is 15.1. The number of nitrogens with zero attached hydrogens (tertiary/aromatic N) is 1. The van der Waals surface area contributed by atoms with Crippen LogP contribution in [0.3, 0.4) is 0 Å². The van der Waals surface area contributed by atoms with Crippen LogP contribution in [0.5, 0.6) is 0 Å². The third-order valence-electron chi connectivity index (χ3n) is 4.69. The van der Waals surface area contributed by atoms with E-state index in [-0.39, 0.29) is 11.9 Å². The molecular formula is C19H25NO2. The van der Waals surface area contributed by atoms with Crippen molar-refractivity contribution in [3.05, 3.63) is 35.0 Å². The number of esters is 1. The molecular weight excluding hydrogens is 274 g/mol. The van der Waals surface area contributed by atoms with Gasteiger partial charge in [0.1, 0.15) is 0 Å². The molecule has 1 atom stereocenters. The van der Waals surface area contributed by atoms with Crippen molar-refractivity contribution in [1.29, 1.82) is 0 Å². The van der Waals surface area contributed by atoms with Gasteiger partial charge in [0, 0.05) is 23.1 Å². The Balaban J connectivity index is 2.05. The van der Waals surface area contributed by atoms with Crippen LogP contribution in [-0.2, 0) is 28.9 Å². The lowest BCUT2D eigenvalue weighted by Crippen LogP contribution is -2.25. The lowest BCUT2D eigenvalue weighted by atomic mass is 9.86. The van der Waals surface area contributed by atoms with Crippen molar-refractivity contribution in [2.45, 2.75) is 53.0 Å². The Morgan fingerprint density at radius 3 is 2.91 bits per heavy atom. The summed E-state index contributed by atoms with van der Waals surface area (Å²) in [7, 11) is 0. The first-order valence-corrected chi connectivity index (χ1v) is 8.42. The Kier molecular flexibility index (Phi) is 4.23. The number of carbonyl (C=O) groups excluding carboxylic acids is 1. The van der Waals surface area contributed by atoms with Crippen molar-refractivity contribution < 1.29 is 9.53 Å². The molecule has 2 aromatic rings. The highest BCUT2D eigenvalue weighted by Gasteiger charge is 2.29. The zero-order valence-corrected chi connectivity index (χ0v) is 13.8. The third-order valence-corrected chi connectivity index (χ3v) is 4.69. The largest absolute Gasteiger partial charge is 0.466 e. The fourth-order valence-corrected chi connectivity index (χ4v) is 3.70. The van der Waals surface area contributed by atoms with E-state index in [0.717, 1.165) is 32.2 Å². The molecule has 0 saturated carbocycles. The Bertz CT molecular complexity index is 699. The first-order chi connectivity index (χ1) is 10.7. The van der Waals surface area contributed by atoms with Gasteiger partial charge in [-0.25, -0.2) is 0 Å². The molecule has 0 saturated heterocycles. The Labute approximate surface area is 132 Å². The number of carbonyl (C=O) groups is 1. The third kappa shape index (κ3) is 2.53. The van der Waals surface area contributed by atoms with E-state index in [9.17, 15) is 4.79 Å². The predicted octanol–water partition coefficient (Wildman–Crippen LogP) is 4.03. The number of aromatic nitrogens is 1. The van der Waals surface area contributed by atoms with Gasteiger partial charge >= 0.3 is 5.97 Å². The van der Waals surface area contributed by atoms with Gasteiger partial charge in [0.15, 0.2) is 0 Å². The smallest absolute Gasteiger partial charge is 0.309 e. The van der Waals surface area contributed by atoms with Crippen LogP contribution in [0.15, 0.2) is 18.2 Å². The summed E-state index contributed by atoms with van der Waals surface area (Å²) in [5, 5.41) is 1.33. The topological polar surface area (TPSA) is 31.2 Å². The second kappa shape index (κ2) is 6.15. The Hall–Kier alpha value is -1.77. The van der Waals surface area contributed by atoms with Gasteiger partial charge in [0.2, 0.25) is 0 Å². The summed E-state index contributed by atoms with van der Waals surface area (Å²) in [6, 6.07) is 6.69. The molecule has 0 radical (unpaired) electrons. The van der Waals surface area contributed by atoms with Crippen molar-refractivity contribution in [1.82, 2.24) is 4.57 Å². The van der Waals surface area contributed by atoms with Crippen molar-refractivity contribution in [3.63, 3.8) is 0 Å². The molecule has 3 nitrogen and oxygen atoms in total. The van der Waals surface area contributed by atoms with Crippen molar-refractivity contribution in [3.8, 4) is 0 Å². The molecule has 0 fully saturated rings. The molecule has 0 spiro atoms. The second-order valence-electron chi connectivity index (χ2n) is 6.29. The summed E-state index contributed by atoms with van der Waals surface area (Å²) in [4.78, 5) is 12.1. The summed E-state index contributed by atoms with van der Waals surface area (Å²) in [5.74, 6) is -0.00849. The maximum absolute atomic E-state index is 12.1. The standard InChI is InChI=1S/C19H25NO2/c1-4-10-20-17-8-6-13(3)11-15(17)16-12-14(7-9-18(16)20)19(21)22-5-2/h6,8,11,14H,4-5,7,9-10,12H2,1-3H3. The zero-order chi connectivity index (χ0) is 15.7. The SMILES string of the molecule is CCCn1c2c(c3cc(C)ccc31)CC(C(=O)OCC)CC2. The molecule has 1 aromatic heterocycles. The number of aryl methyl sites for hydroxylation is 2. The van der Waals surface area contributed by atoms with Crippen LogP contribution < -0.4 is 0 Å². The van der Waals surface area contributed by atoms with E-state index in [2.05, 4.69) is 36.6 Å². The maximum atomic E-state index is 12.1. The van der Waals surface area contributed by atoms with Crippen LogP contribution >= 0.6 is 0 Å². The molecule has 0 N–H and O–H groups in total. The number of ether oxygens (including phenoxy) is 1. The van der Waals surface area contributed by atoms with Crippen molar-refractivity contribution >= 4 is 16.9 Å². The summed E-state index contributed by atoms with van der Waals surface area (Å²) in [5.41, 5.74) is 5.41. The minimum absolute atomic E-state index is 0.0219. The summed E-state index contributed by atoms with van der Waals surface area (Å²) >= 11 is 0. The van der Waals surface area contributed by atoms with Gasteiger partial charge in [-0.1, -0.05) is 18.6 Å². The number of hydrogen-bond acceptors (Lipinski definition) is 2. The van der Waals surface area contributed by atoms with Gasteiger partial charge in [0.25, 0.3) is 0 Å². The monoisotopic (exact) mass is 299 g/mol. The number of fused-ring (bicyclic) bond motifs is 3. The Morgan fingerprint density at radius 2 is 2.18 bits per heavy atom. The average Bonchev–Trinajstić information content (AvgIpc) is 2.81.